The molecule has 0 radical (unpaired) electrons. The van der Waals surface area contributed by atoms with Crippen LogP contribution in [0.4, 0.5) is 0 Å². The fourth-order valence-corrected chi connectivity index (χ4v) is 1.62. The molecule has 0 heterocycles. The van der Waals surface area contributed by atoms with Gasteiger partial charge in [0.05, 0.1) is 0 Å². The van der Waals surface area contributed by atoms with Crippen LogP contribution in [-0.4, -0.2) is 11.9 Å². The highest BCUT2D eigenvalue weighted by molar-refractivity contribution is 5.72. The lowest BCUT2D eigenvalue weighted by Gasteiger charge is -2.03. The SMILES string of the molecule is CC(=O)NN[C@H]1C[C@@H]1c1ccccc1. The van der Waals surface area contributed by atoms with E-state index in [1.165, 1.54) is 12.5 Å². The Kier molecular flexibility index (Phi) is 2.50. The Balaban J connectivity index is 1.85. The van der Waals surface area contributed by atoms with Crippen molar-refractivity contribution in [2.45, 2.75) is 25.3 Å². The zero-order chi connectivity index (χ0) is 9.97. The van der Waals surface area contributed by atoms with E-state index in [-0.39, 0.29) is 5.91 Å². The molecule has 0 spiro atoms. The standard InChI is InChI=1S/C11H14N2O/c1-8(14)12-13-11-7-10(11)9-5-3-2-4-6-9/h2-6,10-11,13H,7H2,1H3,(H,12,14)/t10-,11+/m1/s1. The molecule has 0 unspecified atom stereocenters. The van der Waals surface area contributed by atoms with E-state index < -0.39 is 0 Å². The number of hydrogen-bond acceptors (Lipinski definition) is 2. The first kappa shape index (κ1) is 9.21. The van der Waals surface area contributed by atoms with Gasteiger partial charge in [0.1, 0.15) is 0 Å². The molecule has 2 atom stereocenters. The predicted molar refractivity (Wildman–Crippen MR) is 54.5 cm³/mol. The van der Waals surface area contributed by atoms with E-state index in [1.54, 1.807) is 0 Å². The van der Waals surface area contributed by atoms with E-state index >= 15 is 0 Å². The first-order valence-corrected chi connectivity index (χ1v) is 4.84. The molecule has 1 saturated carbocycles. The molecule has 1 fully saturated rings. The van der Waals surface area contributed by atoms with E-state index in [0.29, 0.717) is 12.0 Å². The number of benzene rings is 1. The molecule has 14 heavy (non-hydrogen) atoms. The van der Waals surface area contributed by atoms with Gasteiger partial charge >= 0.3 is 0 Å². The molecule has 0 saturated heterocycles. The second-order valence-corrected chi connectivity index (χ2v) is 3.68. The molecule has 1 aromatic rings. The summed E-state index contributed by atoms with van der Waals surface area (Å²) >= 11 is 0. The van der Waals surface area contributed by atoms with Crippen LogP contribution in [0, 0.1) is 0 Å². The third-order valence-electron chi connectivity index (χ3n) is 2.45. The van der Waals surface area contributed by atoms with Gasteiger partial charge in [-0.05, 0) is 12.0 Å². The van der Waals surface area contributed by atoms with Crippen molar-refractivity contribution in [2.24, 2.45) is 0 Å². The molecule has 3 heteroatoms. The highest BCUT2D eigenvalue weighted by Crippen LogP contribution is 2.40. The Hall–Kier alpha value is -1.35. The molecule has 74 valence electrons. The van der Waals surface area contributed by atoms with E-state index in [2.05, 4.69) is 23.0 Å². The summed E-state index contributed by atoms with van der Waals surface area (Å²) in [5.74, 6) is 0.520. The monoisotopic (exact) mass is 190 g/mol. The van der Waals surface area contributed by atoms with Gasteiger partial charge in [-0.2, -0.15) is 0 Å². The van der Waals surface area contributed by atoms with Crippen LogP contribution in [0.5, 0.6) is 0 Å². The number of rotatable bonds is 3. The molecule has 0 aromatic heterocycles. The van der Waals surface area contributed by atoms with Gasteiger partial charge in [-0.15, -0.1) is 0 Å². The lowest BCUT2D eigenvalue weighted by atomic mass is 10.1. The van der Waals surface area contributed by atoms with Gasteiger partial charge in [0.25, 0.3) is 0 Å². The smallest absolute Gasteiger partial charge is 0.230 e. The Morgan fingerprint density at radius 1 is 1.36 bits per heavy atom. The average molecular weight is 190 g/mol. The number of carbonyl (C=O) groups excluding carboxylic acids is 1. The maximum Gasteiger partial charge on any atom is 0.230 e. The zero-order valence-corrected chi connectivity index (χ0v) is 8.16. The minimum atomic E-state index is -0.0382. The predicted octanol–water partition coefficient (Wildman–Crippen LogP) is 1.18. The molecule has 2 rings (SSSR count). The molecule has 2 N–H and O–H groups in total. The largest absolute Gasteiger partial charge is 0.292 e. The summed E-state index contributed by atoms with van der Waals surface area (Å²) in [5.41, 5.74) is 6.97. The third-order valence-corrected chi connectivity index (χ3v) is 2.45. The third kappa shape index (κ3) is 2.12. The van der Waals surface area contributed by atoms with Crippen molar-refractivity contribution >= 4 is 5.91 Å². The van der Waals surface area contributed by atoms with Crippen molar-refractivity contribution in [1.29, 1.82) is 0 Å². The Morgan fingerprint density at radius 2 is 2.07 bits per heavy atom. The highest BCUT2D eigenvalue weighted by Gasteiger charge is 2.38. The minimum Gasteiger partial charge on any atom is -0.292 e. The summed E-state index contributed by atoms with van der Waals surface area (Å²) in [6.45, 7) is 1.51. The van der Waals surface area contributed by atoms with Crippen LogP contribution >= 0.6 is 0 Å². The zero-order valence-electron chi connectivity index (χ0n) is 8.16. The van der Waals surface area contributed by atoms with Gasteiger partial charge in [0, 0.05) is 18.9 Å². The topological polar surface area (TPSA) is 41.1 Å². The van der Waals surface area contributed by atoms with E-state index in [0.717, 1.165) is 6.42 Å². The number of hydrogen-bond donors (Lipinski definition) is 2. The molecule has 1 aliphatic rings. The number of hydrazine groups is 1. The van der Waals surface area contributed by atoms with Crippen molar-refractivity contribution < 1.29 is 4.79 Å². The van der Waals surface area contributed by atoms with E-state index in [4.69, 9.17) is 0 Å². The summed E-state index contributed by atoms with van der Waals surface area (Å²) in [4.78, 5) is 10.6. The van der Waals surface area contributed by atoms with Gasteiger partial charge < -0.3 is 0 Å². The van der Waals surface area contributed by atoms with Crippen LogP contribution in [0.3, 0.4) is 0 Å². The lowest BCUT2D eigenvalue weighted by Crippen LogP contribution is -2.37. The van der Waals surface area contributed by atoms with Gasteiger partial charge in [-0.25, -0.2) is 5.43 Å². The molecular formula is C11H14N2O. The van der Waals surface area contributed by atoms with Crippen LogP contribution in [0.15, 0.2) is 30.3 Å². The molecule has 0 bridgehead atoms. The first-order chi connectivity index (χ1) is 6.77. The number of amides is 1. The normalized spacial score (nSPS) is 24.4. The second kappa shape index (κ2) is 3.80. The maximum absolute atomic E-state index is 10.6. The number of nitrogens with one attached hydrogen (secondary N) is 2. The summed E-state index contributed by atoms with van der Waals surface area (Å²) in [5, 5.41) is 0. The van der Waals surface area contributed by atoms with E-state index in [1.807, 2.05) is 18.2 Å². The fraction of sp³-hybridized carbons (Fsp3) is 0.364. The summed E-state index contributed by atoms with van der Waals surface area (Å²) in [6.07, 6.45) is 1.10. The van der Waals surface area contributed by atoms with Crippen molar-refractivity contribution in [1.82, 2.24) is 10.9 Å². The summed E-state index contributed by atoms with van der Waals surface area (Å²) in [6, 6.07) is 10.8. The van der Waals surface area contributed by atoms with Crippen molar-refractivity contribution in [3.63, 3.8) is 0 Å². The second-order valence-electron chi connectivity index (χ2n) is 3.68. The molecular weight excluding hydrogens is 176 g/mol. The van der Waals surface area contributed by atoms with Crippen LogP contribution in [0.1, 0.15) is 24.8 Å². The fourth-order valence-electron chi connectivity index (χ4n) is 1.62. The molecule has 1 aliphatic carbocycles. The quantitative estimate of drug-likeness (QED) is 0.703. The van der Waals surface area contributed by atoms with Crippen molar-refractivity contribution in [3.05, 3.63) is 35.9 Å². The van der Waals surface area contributed by atoms with Crippen molar-refractivity contribution in [2.75, 3.05) is 0 Å². The first-order valence-electron chi connectivity index (χ1n) is 4.84. The van der Waals surface area contributed by atoms with Gasteiger partial charge in [-0.1, -0.05) is 30.3 Å². The van der Waals surface area contributed by atoms with Gasteiger partial charge in [0.2, 0.25) is 5.91 Å². The highest BCUT2D eigenvalue weighted by atomic mass is 16.2. The Labute approximate surface area is 83.5 Å². The van der Waals surface area contributed by atoms with Gasteiger partial charge in [-0.3, -0.25) is 10.2 Å². The number of carbonyl (C=O) groups is 1. The van der Waals surface area contributed by atoms with E-state index in [9.17, 15) is 4.79 Å². The average Bonchev–Trinajstić information content (AvgIpc) is 2.95. The van der Waals surface area contributed by atoms with Crippen LogP contribution in [0.25, 0.3) is 0 Å². The Morgan fingerprint density at radius 3 is 2.71 bits per heavy atom. The minimum absolute atomic E-state index is 0.0382. The molecule has 1 aromatic carbocycles. The molecule has 3 nitrogen and oxygen atoms in total. The maximum atomic E-state index is 10.6. The van der Waals surface area contributed by atoms with Crippen LogP contribution in [-0.2, 0) is 4.79 Å². The molecule has 1 amide bonds. The van der Waals surface area contributed by atoms with Crippen molar-refractivity contribution in [3.8, 4) is 0 Å². The van der Waals surface area contributed by atoms with Crippen LogP contribution < -0.4 is 10.9 Å². The van der Waals surface area contributed by atoms with Crippen LogP contribution in [0.2, 0.25) is 0 Å². The summed E-state index contributed by atoms with van der Waals surface area (Å²) < 4.78 is 0. The lowest BCUT2D eigenvalue weighted by molar-refractivity contribution is -0.120. The molecule has 0 aliphatic heterocycles. The summed E-state index contributed by atoms with van der Waals surface area (Å²) in [7, 11) is 0. The Bertz CT molecular complexity index is 323. The van der Waals surface area contributed by atoms with Gasteiger partial charge in [0.15, 0.2) is 0 Å².